The first-order chi connectivity index (χ1) is 7.33. The molecule has 4 heteroatoms. The Hall–Kier alpha value is -1.65. The van der Waals surface area contributed by atoms with Crippen LogP contribution >= 0.6 is 0 Å². The summed E-state index contributed by atoms with van der Waals surface area (Å²) in [6, 6.07) is 7.68. The number of rotatable bonds is 3. The maximum Gasteiger partial charge on any atom is 0.0636 e. The van der Waals surface area contributed by atoms with Gasteiger partial charge in [0.1, 0.15) is 0 Å². The van der Waals surface area contributed by atoms with Gasteiger partial charge in [0.15, 0.2) is 0 Å². The molecule has 4 N–H and O–H groups in total. The fourth-order valence-electron chi connectivity index (χ4n) is 1.55. The number of nitrogens with two attached hydrogens (primary N) is 2. The van der Waals surface area contributed by atoms with Crippen LogP contribution < -0.4 is 11.5 Å². The van der Waals surface area contributed by atoms with Crippen molar-refractivity contribution in [3.8, 4) is 5.69 Å². The maximum atomic E-state index is 5.91. The average Bonchev–Trinajstić information content (AvgIpc) is 2.78. The van der Waals surface area contributed by atoms with Crippen molar-refractivity contribution in [2.24, 2.45) is 11.5 Å². The number of hydrogen-bond acceptors (Lipinski definition) is 3. The molecule has 0 aliphatic heterocycles. The average molecular weight is 202 g/mol. The van der Waals surface area contributed by atoms with Crippen LogP contribution in [0.15, 0.2) is 42.9 Å². The van der Waals surface area contributed by atoms with Gasteiger partial charge in [-0.1, -0.05) is 0 Å². The Morgan fingerprint density at radius 1 is 1.33 bits per heavy atom. The largest absolute Gasteiger partial charge is 0.329 e. The van der Waals surface area contributed by atoms with Crippen molar-refractivity contribution in [2.75, 3.05) is 6.54 Å². The van der Waals surface area contributed by atoms with E-state index in [1.54, 1.807) is 12.4 Å². The van der Waals surface area contributed by atoms with Crippen LogP contribution in [0.1, 0.15) is 11.7 Å². The van der Waals surface area contributed by atoms with Crippen LogP contribution in [0.3, 0.4) is 0 Å². The van der Waals surface area contributed by atoms with E-state index in [0.29, 0.717) is 6.54 Å². The molecule has 0 spiro atoms. The van der Waals surface area contributed by atoms with Gasteiger partial charge in [0.25, 0.3) is 0 Å². The molecule has 1 atom stereocenters. The Bertz CT molecular complexity index is 421. The van der Waals surface area contributed by atoms with Gasteiger partial charge in [0.2, 0.25) is 0 Å². The first-order valence-corrected chi connectivity index (χ1v) is 4.86. The molecular formula is C11H14N4. The van der Waals surface area contributed by atoms with Crippen LogP contribution in [0.5, 0.6) is 0 Å². The lowest BCUT2D eigenvalue weighted by Gasteiger charge is -2.13. The van der Waals surface area contributed by atoms with Crippen LogP contribution in [-0.2, 0) is 0 Å². The summed E-state index contributed by atoms with van der Waals surface area (Å²) in [6.45, 7) is 0.435. The van der Waals surface area contributed by atoms with Crippen LogP contribution in [0.4, 0.5) is 0 Å². The fraction of sp³-hybridized carbons (Fsp3) is 0.182. The van der Waals surface area contributed by atoms with Gasteiger partial charge in [-0.3, -0.25) is 4.98 Å². The Balaban J connectivity index is 2.41. The van der Waals surface area contributed by atoms with Gasteiger partial charge in [0.05, 0.1) is 17.9 Å². The molecule has 78 valence electrons. The number of hydrogen-bond donors (Lipinski definition) is 2. The molecule has 15 heavy (non-hydrogen) atoms. The normalized spacial score (nSPS) is 12.7. The zero-order chi connectivity index (χ0) is 10.7. The molecule has 0 saturated heterocycles. The van der Waals surface area contributed by atoms with Crippen molar-refractivity contribution < 1.29 is 0 Å². The third-order valence-electron chi connectivity index (χ3n) is 2.34. The van der Waals surface area contributed by atoms with E-state index in [0.717, 1.165) is 11.4 Å². The van der Waals surface area contributed by atoms with Gasteiger partial charge >= 0.3 is 0 Å². The molecule has 1 unspecified atom stereocenters. The van der Waals surface area contributed by atoms with E-state index in [1.807, 2.05) is 35.0 Å². The molecule has 2 rings (SSSR count). The molecule has 0 saturated carbocycles. The topological polar surface area (TPSA) is 69.9 Å². The Kier molecular flexibility index (Phi) is 2.80. The molecule has 2 aromatic heterocycles. The quantitative estimate of drug-likeness (QED) is 0.774. The summed E-state index contributed by atoms with van der Waals surface area (Å²) in [6.07, 6.45) is 5.50. The predicted octanol–water partition coefficient (Wildman–Crippen LogP) is 0.831. The number of nitrogens with zero attached hydrogens (tertiary/aromatic N) is 2. The third kappa shape index (κ3) is 1.91. The molecule has 0 aromatic carbocycles. The SMILES string of the molecule is NCC(N)c1cccn1-c1cccnc1. The predicted molar refractivity (Wildman–Crippen MR) is 59.5 cm³/mol. The Morgan fingerprint density at radius 3 is 2.87 bits per heavy atom. The summed E-state index contributed by atoms with van der Waals surface area (Å²) in [7, 11) is 0. The minimum absolute atomic E-state index is 0.139. The molecule has 0 fully saturated rings. The van der Waals surface area contributed by atoms with E-state index in [4.69, 9.17) is 11.5 Å². The zero-order valence-electron chi connectivity index (χ0n) is 8.38. The fourth-order valence-corrected chi connectivity index (χ4v) is 1.55. The van der Waals surface area contributed by atoms with Crippen molar-refractivity contribution in [1.29, 1.82) is 0 Å². The minimum atomic E-state index is -0.139. The highest BCUT2D eigenvalue weighted by molar-refractivity contribution is 5.33. The van der Waals surface area contributed by atoms with Crippen molar-refractivity contribution >= 4 is 0 Å². The van der Waals surface area contributed by atoms with Crippen LogP contribution in [0, 0.1) is 0 Å². The van der Waals surface area contributed by atoms with Crippen molar-refractivity contribution in [1.82, 2.24) is 9.55 Å². The molecule has 0 aliphatic rings. The summed E-state index contributed by atoms with van der Waals surface area (Å²) < 4.78 is 2.00. The highest BCUT2D eigenvalue weighted by atomic mass is 15.0. The lowest BCUT2D eigenvalue weighted by atomic mass is 10.2. The molecule has 2 aromatic rings. The maximum absolute atomic E-state index is 5.91. The molecule has 0 bridgehead atoms. The first kappa shape index (κ1) is 9.89. The van der Waals surface area contributed by atoms with Gasteiger partial charge in [0, 0.05) is 24.6 Å². The van der Waals surface area contributed by atoms with Crippen molar-refractivity contribution in [3.05, 3.63) is 48.5 Å². The lowest BCUT2D eigenvalue weighted by Crippen LogP contribution is -2.23. The summed E-state index contributed by atoms with van der Waals surface area (Å²) in [5.41, 5.74) is 13.5. The van der Waals surface area contributed by atoms with Gasteiger partial charge in [-0.2, -0.15) is 0 Å². The second-order valence-electron chi connectivity index (χ2n) is 3.36. The zero-order valence-corrected chi connectivity index (χ0v) is 8.38. The van der Waals surface area contributed by atoms with E-state index in [2.05, 4.69) is 4.98 Å². The lowest BCUT2D eigenvalue weighted by molar-refractivity contribution is 0.692. The molecular weight excluding hydrogens is 188 g/mol. The van der Waals surface area contributed by atoms with Gasteiger partial charge < -0.3 is 16.0 Å². The standard InChI is InChI=1S/C11H14N4/c12-7-10(13)11-4-2-6-15(11)9-3-1-5-14-8-9/h1-6,8,10H,7,12-13H2. The summed E-state index contributed by atoms with van der Waals surface area (Å²) >= 11 is 0. The third-order valence-corrected chi connectivity index (χ3v) is 2.34. The van der Waals surface area contributed by atoms with E-state index >= 15 is 0 Å². The molecule has 0 radical (unpaired) electrons. The number of pyridine rings is 1. The summed E-state index contributed by atoms with van der Waals surface area (Å²) in [4.78, 5) is 4.07. The smallest absolute Gasteiger partial charge is 0.0636 e. The summed E-state index contributed by atoms with van der Waals surface area (Å²) in [5.74, 6) is 0. The second kappa shape index (κ2) is 4.25. The van der Waals surface area contributed by atoms with Crippen LogP contribution in [0.2, 0.25) is 0 Å². The minimum Gasteiger partial charge on any atom is -0.329 e. The van der Waals surface area contributed by atoms with E-state index in [-0.39, 0.29) is 6.04 Å². The second-order valence-corrected chi connectivity index (χ2v) is 3.36. The van der Waals surface area contributed by atoms with Crippen LogP contribution in [0.25, 0.3) is 5.69 Å². The van der Waals surface area contributed by atoms with E-state index in [1.165, 1.54) is 0 Å². The van der Waals surface area contributed by atoms with Gasteiger partial charge in [-0.15, -0.1) is 0 Å². The Labute approximate surface area is 88.5 Å². The molecule has 0 aliphatic carbocycles. The first-order valence-electron chi connectivity index (χ1n) is 4.86. The molecule has 4 nitrogen and oxygen atoms in total. The molecule has 0 amide bonds. The monoisotopic (exact) mass is 202 g/mol. The van der Waals surface area contributed by atoms with E-state index < -0.39 is 0 Å². The van der Waals surface area contributed by atoms with Crippen LogP contribution in [-0.4, -0.2) is 16.1 Å². The number of aromatic nitrogens is 2. The Morgan fingerprint density at radius 2 is 2.20 bits per heavy atom. The van der Waals surface area contributed by atoms with Crippen molar-refractivity contribution in [2.45, 2.75) is 6.04 Å². The summed E-state index contributed by atoms with van der Waals surface area (Å²) in [5, 5.41) is 0. The highest BCUT2D eigenvalue weighted by Gasteiger charge is 2.09. The van der Waals surface area contributed by atoms with E-state index in [9.17, 15) is 0 Å². The van der Waals surface area contributed by atoms with Crippen molar-refractivity contribution in [3.63, 3.8) is 0 Å². The van der Waals surface area contributed by atoms with Gasteiger partial charge in [-0.25, -0.2) is 0 Å². The van der Waals surface area contributed by atoms with Gasteiger partial charge in [-0.05, 0) is 24.3 Å². The molecule has 2 heterocycles. The highest BCUT2D eigenvalue weighted by Crippen LogP contribution is 2.15.